The predicted octanol–water partition coefficient (Wildman–Crippen LogP) is 1.54. The van der Waals surface area contributed by atoms with Crippen molar-refractivity contribution in [2.45, 2.75) is 64.3 Å². The van der Waals surface area contributed by atoms with E-state index in [1.807, 2.05) is 18.2 Å². The minimum absolute atomic E-state index is 0. The Morgan fingerprint density at radius 2 is 1.90 bits per heavy atom. The summed E-state index contributed by atoms with van der Waals surface area (Å²) in [7, 11) is 1.58. The van der Waals surface area contributed by atoms with E-state index in [0.717, 1.165) is 37.2 Å². The molecule has 0 radical (unpaired) electrons. The molecule has 0 saturated heterocycles. The van der Waals surface area contributed by atoms with Crippen LogP contribution in [0.2, 0.25) is 0 Å². The first-order valence-electron chi connectivity index (χ1n) is 10.5. The second-order valence-corrected chi connectivity index (χ2v) is 7.76. The molecule has 0 aromatic heterocycles. The van der Waals surface area contributed by atoms with Crippen LogP contribution in [0.3, 0.4) is 0 Å². The summed E-state index contributed by atoms with van der Waals surface area (Å²) in [6.07, 6.45) is 10.2. The summed E-state index contributed by atoms with van der Waals surface area (Å²) in [5.74, 6) is 1.18. The van der Waals surface area contributed by atoms with Crippen LogP contribution in [-0.2, 0) is 9.59 Å². The first kappa shape index (κ1) is 26.5. The van der Waals surface area contributed by atoms with E-state index in [9.17, 15) is 9.59 Å². The van der Waals surface area contributed by atoms with Gasteiger partial charge in [-0.2, -0.15) is 0 Å². The predicted molar refractivity (Wildman–Crippen MR) is 114 cm³/mol. The van der Waals surface area contributed by atoms with E-state index in [4.69, 9.17) is 14.6 Å². The van der Waals surface area contributed by atoms with Gasteiger partial charge >= 0.3 is 35.5 Å². The molecule has 7 heteroatoms. The fourth-order valence-electron chi connectivity index (χ4n) is 3.47. The number of carboxylic acid groups (broad SMARTS) is 1. The zero-order valence-corrected chi connectivity index (χ0v) is 20.5. The van der Waals surface area contributed by atoms with Gasteiger partial charge in [-0.15, -0.1) is 0 Å². The number of benzene rings is 1. The van der Waals surface area contributed by atoms with Gasteiger partial charge in [0, 0.05) is 18.5 Å². The topological polar surface area (TPSA) is 84.9 Å². The van der Waals surface area contributed by atoms with E-state index in [1.165, 1.54) is 12.8 Å². The number of carbonyl (C=O) groups excluding carboxylic acids is 1. The summed E-state index contributed by atoms with van der Waals surface area (Å²) < 4.78 is 11.1. The molecule has 1 saturated carbocycles. The third-order valence-corrected chi connectivity index (χ3v) is 5.27. The number of ether oxygens (including phenoxy) is 2. The quantitative estimate of drug-likeness (QED) is 0.318. The van der Waals surface area contributed by atoms with Crippen LogP contribution in [0.5, 0.6) is 11.5 Å². The average molecular weight is 428 g/mol. The Bertz CT molecular complexity index is 705. The molecule has 0 heterocycles. The van der Waals surface area contributed by atoms with Gasteiger partial charge in [0.05, 0.1) is 13.7 Å². The van der Waals surface area contributed by atoms with Crippen LogP contribution in [0, 0.1) is 5.92 Å². The fourth-order valence-corrected chi connectivity index (χ4v) is 3.47. The summed E-state index contributed by atoms with van der Waals surface area (Å²) in [6, 6.07) is 5.83. The molecule has 1 aromatic rings. The van der Waals surface area contributed by atoms with E-state index in [1.54, 1.807) is 19.3 Å². The molecule has 30 heavy (non-hydrogen) atoms. The van der Waals surface area contributed by atoms with E-state index in [2.05, 4.69) is 12.2 Å². The van der Waals surface area contributed by atoms with E-state index >= 15 is 0 Å². The number of aliphatic carboxylic acids is 1. The maximum atomic E-state index is 12.2. The number of hydrogen-bond acceptors (Lipinski definition) is 4. The Balaban J connectivity index is 0.00000450. The second-order valence-electron chi connectivity index (χ2n) is 7.76. The molecule has 2 rings (SSSR count). The molecule has 1 fully saturated rings. The number of methoxy groups -OCH3 is 1. The number of rotatable bonds is 11. The van der Waals surface area contributed by atoms with Crippen LogP contribution < -0.4 is 44.3 Å². The van der Waals surface area contributed by atoms with Gasteiger partial charge in [-0.05, 0) is 74.6 Å². The molecular formula is C23H34NNaO5. The zero-order chi connectivity index (χ0) is 21.1. The molecule has 6 nitrogen and oxygen atoms in total. The smallest absolute Gasteiger partial charge is 1.00 e. The first-order chi connectivity index (χ1) is 14.0. The molecule has 0 aliphatic heterocycles. The minimum atomic E-state index is -0.766. The van der Waals surface area contributed by atoms with Crippen LogP contribution in [0.25, 0.3) is 6.08 Å². The van der Waals surface area contributed by atoms with Crippen molar-refractivity contribution >= 4 is 18.0 Å². The first-order valence-corrected chi connectivity index (χ1v) is 10.5. The summed E-state index contributed by atoms with van der Waals surface area (Å²) in [5.41, 5.74) is 0.864. The fraction of sp³-hybridized carbons (Fsp3) is 0.565. The number of hydrogen-bond donors (Lipinski definition) is 2. The molecule has 1 aliphatic carbocycles. The van der Waals surface area contributed by atoms with Gasteiger partial charge in [0.2, 0.25) is 5.91 Å². The van der Waals surface area contributed by atoms with Crippen LogP contribution in [0.4, 0.5) is 0 Å². The average Bonchev–Trinajstić information content (AvgIpc) is 2.71. The van der Waals surface area contributed by atoms with Crippen molar-refractivity contribution < 1.29 is 55.2 Å². The number of nitrogens with one attached hydrogen (secondary N) is 1. The van der Waals surface area contributed by atoms with Gasteiger partial charge in [0.1, 0.15) is 0 Å². The van der Waals surface area contributed by atoms with Crippen molar-refractivity contribution in [3.05, 3.63) is 29.8 Å². The van der Waals surface area contributed by atoms with Crippen molar-refractivity contribution in [1.29, 1.82) is 0 Å². The Hall–Kier alpha value is -1.50. The van der Waals surface area contributed by atoms with Gasteiger partial charge < -0.3 is 21.3 Å². The molecule has 2 N–H and O–H groups in total. The van der Waals surface area contributed by atoms with Crippen LogP contribution >= 0.6 is 0 Å². The third-order valence-electron chi connectivity index (χ3n) is 5.27. The van der Waals surface area contributed by atoms with Crippen molar-refractivity contribution in [1.82, 2.24) is 5.32 Å². The number of carbonyl (C=O) groups is 2. The Kier molecular flexibility index (Phi) is 12.8. The zero-order valence-electron chi connectivity index (χ0n) is 19.5. The van der Waals surface area contributed by atoms with E-state index in [0.29, 0.717) is 24.5 Å². The molecule has 1 aromatic carbocycles. The molecule has 0 unspecified atom stereocenters. The van der Waals surface area contributed by atoms with E-state index in [-0.39, 0.29) is 49.4 Å². The van der Waals surface area contributed by atoms with Gasteiger partial charge in [0.25, 0.3) is 0 Å². The van der Waals surface area contributed by atoms with Crippen molar-refractivity contribution in [2.24, 2.45) is 5.92 Å². The van der Waals surface area contributed by atoms with Crippen molar-refractivity contribution in [3.8, 4) is 11.5 Å². The maximum Gasteiger partial charge on any atom is 1.00 e. The number of carboxylic acids is 1. The van der Waals surface area contributed by atoms with Crippen LogP contribution in [-0.4, -0.2) is 36.7 Å². The summed E-state index contributed by atoms with van der Waals surface area (Å²) in [4.78, 5) is 22.7. The van der Waals surface area contributed by atoms with Crippen molar-refractivity contribution in [2.75, 3.05) is 13.7 Å². The second kappa shape index (κ2) is 14.5. The van der Waals surface area contributed by atoms with Gasteiger partial charge in [-0.1, -0.05) is 13.0 Å². The molecule has 0 bridgehead atoms. The van der Waals surface area contributed by atoms with Gasteiger partial charge in [-0.25, -0.2) is 0 Å². The van der Waals surface area contributed by atoms with E-state index < -0.39 is 5.97 Å². The Labute approximate surface area is 203 Å². The van der Waals surface area contributed by atoms with Crippen LogP contribution in [0.1, 0.15) is 65.3 Å². The SMILES string of the molecule is COc1cc(C=CC(=O)NC2CCC(C)CC2)ccc1OCCCCCC(=O)O.[H-].[Na+]. The summed E-state index contributed by atoms with van der Waals surface area (Å²) in [5, 5.41) is 11.7. The summed E-state index contributed by atoms with van der Waals surface area (Å²) in [6.45, 7) is 2.77. The maximum absolute atomic E-state index is 12.2. The molecule has 1 aliphatic rings. The molecule has 0 atom stereocenters. The van der Waals surface area contributed by atoms with Crippen molar-refractivity contribution in [3.63, 3.8) is 0 Å². The van der Waals surface area contributed by atoms with Crippen LogP contribution in [0.15, 0.2) is 24.3 Å². The third kappa shape index (κ3) is 10.0. The number of unbranched alkanes of at least 4 members (excludes halogenated alkanes) is 2. The largest absolute Gasteiger partial charge is 1.00 e. The molecule has 162 valence electrons. The monoisotopic (exact) mass is 427 g/mol. The number of amides is 1. The Morgan fingerprint density at radius 1 is 1.17 bits per heavy atom. The molecule has 0 spiro atoms. The minimum Gasteiger partial charge on any atom is -1.00 e. The van der Waals surface area contributed by atoms with Gasteiger partial charge in [-0.3, -0.25) is 9.59 Å². The standard InChI is InChI=1S/C23H33NO5.Na.H/c1-17-7-11-19(12-8-17)24-22(25)14-10-18-9-13-20(21(16-18)28-2)29-15-5-3-4-6-23(26)27;;/h9-10,13-14,16-17,19H,3-8,11-12,15H2,1-2H3,(H,24,25)(H,26,27);;/q;+1;-1. The molecular weight excluding hydrogens is 393 g/mol. The summed E-state index contributed by atoms with van der Waals surface area (Å²) >= 11 is 0. The normalized spacial score (nSPS) is 18.5. The molecule has 1 amide bonds. The Morgan fingerprint density at radius 3 is 2.57 bits per heavy atom. The van der Waals surface area contributed by atoms with Gasteiger partial charge in [0.15, 0.2) is 11.5 Å².